The van der Waals surface area contributed by atoms with Crippen LogP contribution in [0.1, 0.15) is 218 Å². The molecule has 9 aromatic carbocycles. The van der Waals surface area contributed by atoms with E-state index in [0.717, 1.165) is 93.3 Å². The number of aliphatic hydroxyl groups is 3. The van der Waals surface area contributed by atoms with Gasteiger partial charge in [0.25, 0.3) is 0 Å². The van der Waals surface area contributed by atoms with E-state index in [9.17, 15) is 29.7 Å². The molecule has 0 saturated carbocycles. The Morgan fingerprint density at radius 2 is 0.773 bits per heavy atom. The summed E-state index contributed by atoms with van der Waals surface area (Å²) in [5.41, 5.74) is 4.38. The second-order valence-electron chi connectivity index (χ2n) is 34.8. The molecule has 12 rings (SSSR count). The number of hydrogen-bond donors (Lipinski definition) is 3. The average molecular weight is 2140 g/mol. The van der Waals surface area contributed by atoms with Crippen molar-refractivity contribution in [1.29, 1.82) is 0 Å². The topological polar surface area (TPSA) is 178 Å². The van der Waals surface area contributed by atoms with Crippen LogP contribution in [0.15, 0.2) is 224 Å². The van der Waals surface area contributed by atoms with E-state index in [1.54, 1.807) is 0 Å². The van der Waals surface area contributed by atoms with Crippen molar-refractivity contribution in [3.8, 4) is 34.9 Å². The summed E-state index contributed by atoms with van der Waals surface area (Å²) in [6.07, 6.45) is 14.8. The Balaban J connectivity index is 0.000000305. The predicted octanol–water partition coefficient (Wildman–Crippen LogP) is 29.1. The van der Waals surface area contributed by atoms with Gasteiger partial charge in [0.2, 0.25) is 17.6 Å². The van der Waals surface area contributed by atoms with Crippen LogP contribution in [0.4, 0.5) is 0 Å². The smallest absolute Gasteiger partial charge is 0.217 e. The number of fused-ring (bicyclic) bond motifs is 6. The number of rotatable bonds is 20. The van der Waals surface area contributed by atoms with Gasteiger partial charge in [0, 0.05) is 182 Å². The molecule has 0 aliphatic rings. The Morgan fingerprint density at radius 3 is 1.13 bits per heavy atom. The van der Waals surface area contributed by atoms with Gasteiger partial charge >= 0.3 is 0 Å². The van der Waals surface area contributed by atoms with Gasteiger partial charge in [-0.15, -0.1) is 42.0 Å². The number of nitrogens with zero attached hydrogens (tertiary/aromatic N) is 3. The van der Waals surface area contributed by atoms with E-state index < -0.39 is 5.41 Å². The Bertz CT molecular complexity index is 5440. The second kappa shape index (κ2) is 46.1. The quantitative estimate of drug-likeness (QED) is 0.0285. The molecule has 639 valence electrons. The van der Waals surface area contributed by atoms with Crippen LogP contribution in [0.25, 0.3) is 64.6 Å². The molecule has 12 aromatic rings. The molecular weight excluding hydrogens is 2010 g/mol. The molecule has 119 heavy (non-hydrogen) atoms. The fourth-order valence-electron chi connectivity index (χ4n) is 12.1. The van der Waals surface area contributed by atoms with Crippen LogP contribution >= 0.6 is 0 Å². The molecular formula is C104H124Ir3N3O9-3. The monoisotopic (exact) mass is 2140 g/mol. The van der Waals surface area contributed by atoms with Crippen LogP contribution in [0.2, 0.25) is 0 Å². The van der Waals surface area contributed by atoms with Crippen molar-refractivity contribution in [2.75, 3.05) is 0 Å². The first-order chi connectivity index (χ1) is 54.6. The fourth-order valence-corrected chi connectivity index (χ4v) is 12.1. The van der Waals surface area contributed by atoms with E-state index in [-0.39, 0.29) is 128 Å². The van der Waals surface area contributed by atoms with Crippen molar-refractivity contribution < 1.29 is 104 Å². The van der Waals surface area contributed by atoms with Crippen LogP contribution in [0.3, 0.4) is 0 Å². The molecule has 3 N–H and O–H groups in total. The number of pyridine rings is 3. The van der Waals surface area contributed by atoms with E-state index in [4.69, 9.17) is 14.2 Å². The van der Waals surface area contributed by atoms with E-state index in [1.165, 1.54) is 61.7 Å². The van der Waals surface area contributed by atoms with Crippen LogP contribution < -0.4 is 14.2 Å². The molecule has 0 atom stereocenters. The summed E-state index contributed by atoms with van der Waals surface area (Å²) in [6, 6.07) is 67.9. The third kappa shape index (κ3) is 30.9. The summed E-state index contributed by atoms with van der Waals surface area (Å²) in [7, 11) is 0. The Kier molecular flexibility index (Phi) is 39.7. The van der Waals surface area contributed by atoms with Gasteiger partial charge in [-0.25, -0.2) is 15.0 Å². The number of benzene rings is 9. The summed E-state index contributed by atoms with van der Waals surface area (Å²) in [4.78, 5) is 48.4. The zero-order chi connectivity index (χ0) is 85.6. The fraction of sp³-hybridized carbons (Fsp3) is 0.365. The molecule has 0 amide bonds. The average Bonchev–Trinajstić information content (AvgIpc) is 0.801. The molecule has 0 bridgehead atoms. The summed E-state index contributed by atoms with van der Waals surface area (Å²) in [5, 5.41) is 43.2. The van der Waals surface area contributed by atoms with Gasteiger partial charge in [0.15, 0.2) is 17.3 Å². The summed E-state index contributed by atoms with van der Waals surface area (Å²) in [6.45, 7) is 47.9. The first kappa shape index (κ1) is 102. The van der Waals surface area contributed by atoms with Crippen molar-refractivity contribution in [2.24, 2.45) is 33.5 Å². The standard InChI is InChI=1S/2C23H20NO.C21H16NO.2C13H24O2.C11H20O2.3Ir/c1-23(2,3)20-9-6-10-21(14-20)25-22-13-18-11-16-7-4-5-8-17(16)12-19(18)15-24-22;1-15(2)19-8-16(3)9-22(12-19)25-23-13-20-10-17-6-4-5-7-18(17)11-21(20)14-24-23;1-14-7-15(2)9-20(8-14)23-21-12-18-10-16-5-3-4-6-17(16)11-19(18)13-22-21;1-7-12(3,4)10(14)9-11(15)13(5,6)8-2;1-5-10(6-2)12(14)9-13(15)11(7-3)8-4;1-10(2,3)8(12)7-9(13)11(4,5)6;;;/h4-9,11-15H,1-3H3;4-8,10-15H,1-3H3;3-8,10-13H,1-2H3;9,14H,7-8H2,1-6H3;9-11,14H,5-8H2,1-4H3;7,12H,1-6H3;;;/q3*-1;;;;;;. The molecule has 0 fully saturated rings. The first-order valence-corrected chi connectivity index (χ1v) is 40.9. The Hall–Kier alpha value is -9.03. The third-order valence-corrected chi connectivity index (χ3v) is 21.0. The normalized spacial score (nSPS) is 11.9. The number of ether oxygens (including phenoxy) is 3. The SMILES string of the molecule is CC(C)(C)C(=O)C=C(O)C(C)(C)C.CC(C)(C)c1cc[c-]c(Oc2cc3cc4ccccc4cc3cn2)c1.CCC(C)(C)C(=O)C=C(O)C(C)(C)CC.CCC(CC)C(=O)C=C(O)C(CC)CC.Cc1[c-]c(Oc2cc3cc4ccccc4cc3cn2)cc(C(C)C)c1.Cc1[c-]c(Oc2cc3cc4ccccc4cc3cn2)cc(C)c1.[Ir].[Ir].[Ir]. The second-order valence-corrected chi connectivity index (χ2v) is 34.8. The van der Waals surface area contributed by atoms with Gasteiger partial charge in [0.05, 0.1) is 5.76 Å². The summed E-state index contributed by atoms with van der Waals surface area (Å²) < 4.78 is 17.9. The first-order valence-electron chi connectivity index (χ1n) is 40.9. The molecule has 0 spiro atoms. The van der Waals surface area contributed by atoms with Crippen molar-refractivity contribution in [3.63, 3.8) is 0 Å². The Morgan fingerprint density at radius 1 is 0.403 bits per heavy atom. The number of carbonyl (C=O) groups excluding carboxylic acids is 3. The zero-order valence-electron chi connectivity index (χ0n) is 74.2. The minimum atomic E-state index is -0.417. The van der Waals surface area contributed by atoms with Gasteiger partial charge in [-0.1, -0.05) is 239 Å². The maximum atomic E-state index is 11.8. The van der Waals surface area contributed by atoms with Crippen molar-refractivity contribution in [2.45, 2.75) is 216 Å². The minimum absolute atomic E-state index is 0. The number of allylic oxidation sites excluding steroid dienone is 6. The molecule has 3 heterocycles. The number of aryl methyl sites for hydroxylation is 3. The molecule has 12 nitrogen and oxygen atoms in total. The van der Waals surface area contributed by atoms with Gasteiger partial charge < -0.3 is 29.5 Å². The van der Waals surface area contributed by atoms with Gasteiger partial charge in [-0.05, 0) is 135 Å². The van der Waals surface area contributed by atoms with Gasteiger partial charge in [-0.2, -0.15) is 46.5 Å². The van der Waals surface area contributed by atoms with Crippen molar-refractivity contribution in [1.82, 2.24) is 15.0 Å². The van der Waals surface area contributed by atoms with E-state index in [2.05, 4.69) is 195 Å². The minimum Gasteiger partial charge on any atom is -0.512 e. The summed E-state index contributed by atoms with van der Waals surface area (Å²) >= 11 is 0. The van der Waals surface area contributed by atoms with Crippen LogP contribution in [-0.4, -0.2) is 47.6 Å². The number of carbonyl (C=O) groups is 3. The number of aromatic nitrogens is 3. The largest absolute Gasteiger partial charge is 0.512 e. The molecule has 0 aliphatic carbocycles. The molecule has 3 radical (unpaired) electrons. The maximum Gasteiger partial charge on any atom is 0.217 e. The molecule has 0 aliphatic heterocycles. The Labute approximate surface area is 749 Å². The molecule has 0 saturated heterocycles. The number of aliphatic hydroxyl groups excluding tert-OH is 3. The van der Waals surface area contributed by atoms with Gasteiger partial charge in [0.1, 0.15) is 11.5 Å². The zero-order valence-corrected chi connectivity index (χ0v) is 81.4. The molecule has 0 unspecified atom stereocenters. The number of hydrogen-bond acceptors (Lipinski definition) is 12. The van der Waals surface area contributed by atoms with Crippen LogP contribution in [0, 0.1) is 72.5 Å². The van der Waals surface area contributed by atoms with Crippen LogP contribution in [0.5, 0.6) is 34.9 Å². The third-order valence-electron chi connectivity index (χ3n) is 21.0. The predicted molar refractivity (Wildman–Crippen MR) is 483 cm³/mol. The van der Waals surface area contributed by atoms with Crippen molar-refractivity contribution >= 4 is 82.0 Å². The summed E-state index contributed by atoms with van der Waals surface area (Å²) in [5.74, 6) is 5.19. The van der Waals surface area contributed by atoms with Crippen molar-refractivity contribution in [3.05, 3.63) is 270 Å². The van der Waals surface area contributed by atoms with E-state index in [0.29, 0.717) is 35.1 Å². The number of ketones is 3. The van der Waals surface area contributed by atoms with Gasteiger partial charge in [-0.3, -0.25) is 14.4 Å². The maximum absolute atomic E-state index is 11.8. The molecule has 3 aromatic heterocycles. The van der Waals surface area contributed by atoms with Crippen LogP contribution in [-0.2, 0) is 80.1 Å². The molecule has 15 heteroatoms. The van der Waals surface area contributed by atoms with E-state index >= 15 is 0 Å². The van der Waals surface area contributed by atoms with E-state index in [1.807, 2.05) is 193 Å².